The van der Waals surface area contributed by atoms with Gasteiger partial charge >= 0.3 is 0 Å². The number of nitrogens with one attached hydrogen (secondary N) is 1. The summed E-state index contributed by atoms with van der Waals surface area (Å²) in [5.41, 5.74) is 2.59. The topological polar surface area (TPSA) is 15.3 Å². The van der Waals surface area contributed by atoms with Crippen molar-refractivity contribution in [3.05, 3.63) is 34.3 Å². The lowest BCUT2D eigenvalue weighted by molar-refractivity contribution is 0.156. The molecule has 2 nitrogen and oxygen atoms in total. The van der Waals surface area contributed by atoms with Crippen LogP contribution < -0.4 is 5.32 Å². The number of piperazine rings is 1. The van der Waals surface area contributed by atoms with Crippen LogP contribution in [0.1, 0.15) is 30.0 Å². The molecule has 0 amide bonds. The molecule has 1 aliphatic heterocycles. The first-order valence-electron chi connectivity index (χ1n) is 6.96. The lowest BCUT2D eigenvalue weighted by Gasteiger charge is -2.35. The van der Waals surface area contributed by atoms with E-state index in [0.717, 1.165) is 37.1 Å². The van der Waals surface area contributed by atoms with Crippen LogP contribution in [0.25, 0.3) is 0 Å². The zero-order valence-corrected chi connectivity index (χ0v) is 11.7. The molecule has 1 saturated carbocycles. The number of rotatable bonds is 3. The van der Waals surface area contributed by atoms with E-state index in [4.69, 9.17) is 11.6 Å². The van der Waals surface area contributed by atoms with Crippen molar-refractivity contribution in [2.24, 2.45) is 5.92 Å². The van der Waals surface area contributed by atoms with Gasteiger partial charge < -0.3 is 5.32 Å². The van der Waals surface area contributed by atoms with Gasteiger partial charge in [-0.15, -0.1) is 0 Å². The predicted octanol–water partition coefficient (Wildman–Crippen LogP) is 3.00. The van der Waals surface area contributed by atoms with E-state index in [2.05, 4.69) is 35.3 Å². The lowest BCUT2D eigenvalue weighted by Crippen LogP contribution is -2.45. The van der Waals surface area contributed by atoms with Crippen LogP contribution in [0.4, 0.5) is 0 Å². The van der Waals surface area contributed by atoms with Crippen molar-refractivity contribution in [3.63, 3.8) is 0 Å². The molecule has 3 rings (SSSR count). The molecule has 1 saturated heterocycles. The van der Waals surface area contributed by atoms with E-state index in [-0.39, 0.29) is 0 Å². The number of benzene rings is 1. The normalized spacial score (nSPS) is 23.0. The van der Waals surface area contributed by atoms with Gasteiger partial charge in [-0.3, -0.25) is 4.90 Å². The Labute approximate surface area is 114 Å². The summed E-state index contributed by atoms with van der Waals surface area (Å²) >= 11 is 6.29. The van der Waals surface area contributed by atoms with Gasteiger partial charge in [-0.1, -0.05) is 23.7 Å². The maximum atomic E-state index is 6.29. The zero-order valence-electron chi connectivity index (χ0n) is 11.0. The average Bonchev–Trinajstić information content (AvgIpc) is 3.20. The van der Waals surface area contributed by atoms with Crippen LogP contribution >= 0.6 is 11.6 Å². The molecule has 2 aliphatic rings. The summed E-state index contributed by atoms with van der Waals surface area (Å²) in [5.74, 6) is 0.849. The highest BCUT2D eigenvalue weighted by Crippen LogP contribution is 2.45. The van der Waals surface area contributed by atoms with Crippen molar-refractivity contribution >= 4 is 11.6 Å². The van der Waals surface area contributed by atoms with E-state index < -0.39 is 0 Å². The largest absolute Gasteiger partial charge is 0.314 e. The number of aryl methyl sites for hydroxylation is 1. The van der Waals surface area contributed by atoms with Crippen LogP contribution in [0.2, 0.25) is 5.02 Å². The molecule has 0 aromatic heterocycles. The Morgan fingerprint density at radius 2 is 2.00 bits per heavy atom. The highest BCUT2D eigenvalue weighted by atomic mass is 35.5. The molecule has 0 unspecified atom stereocenters. The number of hydrogen-bond donors (Lipinski definition) is 1. The molecule has 1 heterocycles. The highest BCUT2D eigenvalue weighted by Gasteiger charge is 2.36. The number of hydrogen-bond acceptors (Lipinski definition) is 2. The van der Waals surface area contributed by atoms with Crippen molar-refractivity contribution in [1.29, 1.82) is 0 Å². The van der Waals surface area contributed by atoms with Crippen molar-refractivity contribution < 1.29 is 0 Å². The third kappa shape index (κ3) is 2.56. The van der Waals surface area contributed by atoms with Gasteiger partial charge in [-0.2, -0.15) is 0 Å². The third-order valence-corrected chi connectivity index (χ3v) is 4.56. The standard InChI is InChI=1S/C15H21ClN2/c1-11-2-3-13(10-14(11)16)15(12-4-5-12)18-8-6-17-7-9-18/h2-3,10,12,15,17H,4-9H2,1H3/t15-/m1/s1. The minimum absolute atomic E-state index is 0.588. The fraction of sp³-hybridized carbons (Fsp3) is 0.600. The lowest BCUT2D eigenvalue weighted by atomic mass is 9.98. The maximum Gasteiger partial charge on any atom is 0.0438 e. The average molecular weight is 265 g/mol. The molecule has 18 heavy (non-hydrogen) atoms. The summed E-state index contributed by atoms with van der Waals surface area (Å²) in [4.78, 5) is 2.63. The molecule has 3 heteroatoms. The van der Waals surface area contributed by atoms with Crippen molar-refractivity contribution in [2.45, 2.75) is 25.8 Å². The third-order valence-electron chi connectivity index (χ3n) is 4.15. The summed E-state index contributed by atoms with van der Waals surface area (Å²) in [6.07, 6.45) is 2.75. The minimum Gasteiger partial charge on any atom is -0.314 e. The second-order valence-corrected chi connectivity index (χ2v) is 5.98. The van der Waals surface area contributed by atoms with E-state index in [1.54, 1.807) is 0 Å². The number of nitrogens with zero attached hydrogens (tertiary/aromatic N) is 1. The Hall–Kier alpha value is -0.570. The second-order valence-electron chi connectivity index (χ2n) is 5.58. The Bertz CT molecular complexity index is 423. The van der Waals surface area contributed by atoms with Crippen LogP contribution in [0.3, 0.4) is 0 Å². The van der Waals surface area contributed by atoms with Gasteiger partial charge in [0.25, 0.3) is 0 Å². The quantitative estimate of drug-likeness (QED) is 0.903. The monoisotopic (exact) mass is 264 g/mol. The predicted molar refractivity (Wildman–Crippen MR) is 76.1 cm³/mol. The molecule has 1 N–H and O–H groups in total. The van der Waals surface area contributed by atoms with E-state index in [9.17, 15) is 0 Å². The molecule has 0 spiro atoms. The fourth-order valence-electron chi connectivity index (χ4n) is 2.95. The van der Waals surface area contributed by atoms with Gasteiger partial charge in [0.2, 0.25) is 0 Å². The fourth-order valence-corrected chi connectivity index (χ4v) is 3.14. The van der Waals surface area contributed by atoms with Crippen molar-refractivity contribution in [3.8, 4) is 0 Å². The van der Waals surface area contributed by atoms with E-state index >= 15 is 0 Å². The van der Waals surface area contributed by atoms with Crippen LogP contribution in [0, 0.1) is 12.8 Å². The Kier molecular flexibility index (Phi) is 3.60. The van der Waals surface area contributed by atoms with Gasteiger partial charge in [0.15, 0.2) is 0 Å². The van der Waals surface area contributed by atoms with Crippen LogP contribution in [0.5, 0.6) is 0 Å². The molecule has 1 aromatic rings. The first-order valence-corrected chi connectivity index (χ1v) is 7.34. The maximum absolute atomic E-state index is 6.29. The van der Waals surface area contributed by atoms with Crippen molar-refractivity contribution in [2.75, 3.05) is 26.2 Å². The van der Waals surface area contributed by atoms with Gasteiger partial charge in [-0.05, 0) is 42.9 Å². The second kappa shape index (κ2) is 5.20. The highest BCUT2D eigenvalue weighted by molar-refractivity contribution is 6.31. The molecule has 2 fully saturated rings. The van der Waals surface area contributed by atoms with Gasteiger partial charge in [-0.25, -0.2) is 0 Å². The summed E-state index contributed by atoms with van der Waals surface area (Å²) in [6, 6.07) is 7.20. The molecular weight excluding hydrogens is 244 g/mol. The van der Waals surface area contributed by atoms with E-state index in [1.807, 2.05) is 0 Å². The Balaban J connectivity index is 1.85. The first kappa shape index (κ1) is 12.5. The molecule has 1 aromatic carbocycles. The molecule has 0 bridgehead atoms. The minimum atomic E-state index is 0.588. The number of halogens is 1. The molecule has 1 atom stereocenters. The molecule has 98 valence electrons. The Morgan fingerprint density at radius 3 is 2.61 bits per heavy atom. The SMILES string of the molecule is Cc1ccc([C@@H](C2CC2)N2CCNCC2)cc1Cl. The zero-order chi connectivity index (χ0) is 12.5. The van der Waals surface area contributed by atoms with Gasteiger partial charge in [0.05, 0.1) is 0 Å². The van der Waals surface area contributed by atoms with Crippen molar-refractivity contribution in [1.82, 2.24) is 10.2 Å². The summed E-state index contributed by atoms with van der Waals surface area (Å²) in [5, 5.41) is 4.34. The van der Waals surface area contributed by atoms with Crippen LogP contribution in [0.15, 0.2) is 18.2 Å². The molecule has 1 aliphatic carbocycles. The summed E-state index contributed by atoms with van der Waals surface area (Å²) < 4.78 is 0. The van der Waals surface area contributed by atoms with E-state index in [1.165, 1.54) is 24.0 Å². The van der Waals surface area contributed by atoms with Crippen LogP contribution in [-0.4, -0.2) is 31.1 Å². The molecule has 0 radical (unpaired) electrons. The summed E-state index contributed by atoms with van der Waals surface area (Å²) in [6.45, 7) is 6.62. The summed E-state index contributed by atoms with van der Waals surface area (Å²) in [7, 11) is 0. The van der Waals surface area contributed by atoms with Crippen LogP contribution in [-0.2, 0) is 0 Å². The van der Waals surface area contributed by atoms with Gasteiger partial charge in [0, 0.05) is 37.2 Å². The Morgan fingerprint density at radius 1 is 1.28 bits per heavy atom. The first-order chi connectivity index (χ1) is 8.75. The van der Waals surface area contributed by atoms with Gasteiger partial charge in [0.1, 0.15) is 0 Å². The van der Waals surface area contributed by atoms with E-state index in [0.29, 0.717) is 6.04 Å². The molecular formula is C15H21ClN2. The smallest absolute Gasteiger partial charge is 0.0438 e.